The molecule has 4 rings (SSSR count). The fraction of sp³-hybridized carbons (Fsp3) is 0.286. The average molecular weight is 363 g/mol. The van der Waals surface area contributed by atoms with Crippen molar-refractivity contribution < 1.29 is 14.1 Å². The van der Waals surface area contributed by atoms with Crippen LogP contribution in [0, 0.1) is 0 Å². The molecule has 0 aliphatic carbocycles. The molecule has 3 aromatic rings. The Morgan fingerprint density at radius 3 is 2.74 bits per heavy atom. The van der Waals surface area contributed by atoms with E-state index in [4.69, 9.17) is 9.26 Å². The first-order valence-electron chi connectivity index (χ1n) is 9.07. The van der Waals surface area contributed by atoms with Gasteiger partial charge >= 0.3 is 0 Å². The third kappa shape index (κ3) is 3.56. The number of aromatic nitrogens is 2. The summed E-state index contributed by atoms with van der Waals surface area (Å²) in [7, 11) is 1.58. The molecule has 0 N–H and O–H groups in total. The summed E-state index contributed by atoms with van der Waals surface area (Å²) in [5.74, 6) is 1.78. The van der Waals surface area contributed by atoms with Crippen LogP contribution < -0.4 is 4.74 Å². The van der Waals surface area contributed by atoms with Crippen LogP contribution in [0.3, 0.4) is 0 Å². The van der Waals surface area contributed by atoms with Crippen LogP contribution in [0.25, 0.3) is 11.4 Å². The summed E-state index contributed by atoms with van der Waals surface area (Å²) in [6, 6.07) is 17.1. The number of likely N-dealkylation sites (tertiary alicyclic amines) is 1. The second-order valence-corrected chi connectivity index (χ2v) is 6.61. The average Bonchev–Trinajstić information content (AvgIpc) is 3.24. The van der Waals surface area contributed by atoms with E-state index >= 15 is 0 Å². The van der Waals surface area contributed by atoms with E-state index in [9.17, 15) is 4.79 Å². The van der Waals surface area contributed by atoms with Crippen molar-refractivity contribution in [2.75, 3.05) is 20.2 Å². The minimum absolute atomic E-state index is 0.0278. The molecule has 2 aromatic carbocycles. The molecule has 1 aliphatic heterocycles. The van der Waals surface area contributed by atoms with E-state index in [1.165, 1.54) is 0 Å². The Labute approximate surface area is 157 Å². The molecule has 0 saturated carbocycles. The molecule has 27 heavy (non-hydrogen) atoms. The Balaban J connectivity index is 1.52. The van der Waals surface area contributed by atoms with Gasteiger partial charge in [0.1, 0.15) is 5.75 Å². The summed E-state index contributed by atoms with van der Waals surface area (Å²) in [6.07, 6.45) is 1.82. The molecule has 6 heteroatoms. The van der Waals surface area contributed by atoms with Crippen molar-refractivity contribution in [3.05, 3.63) is 66.1 Å². The third-order valence-corrected chi connectivity index (χ3v) is 4.87. The number of para-hydroxylation sites is 1. The maximum absolute atomic E-state index is 13.0. The van der Waals surface area contributed by atoms with Gasteiger partial charge in [-0.2, -0.15) is 4.98 Å². The lowest BCUT2D eigenvalue weighted by molar-refractivity contribution is 0.0692. The van der Waals surface area contributed by atoms with Crippen LogP contribution in [0.2, 0.25) is 0 Å². The van der Waals surface area contributed by atoms with Gasteiger partial charge in [-0.15, -0.1) is 0 Å². The summed E-state index contributed by atoms with van der Waals surface area (Å²) in [5, 5.41) is 4.11. The van der Waals surface area contributed by atoms with Gasteiger partial charge in [0.05, 0.1) is 18.6 Å². The maximum Gasteiger partial charge on any atom is 0.257 e. The number of hydrogen-bond donors (Lipinski definition) is 0. The molecular weight excluding hydrogens is 342 g/mol. The molecular formula is C21H21N3O3. The highest BCUT2D eigenvalue weighted by Gasteiger charge is 2.30. The second kappa shape index (κ2) is 7.61. The van der Waals surface area contributed by atoms with Gasteiger partial charge in [-0.05, 0) is 25.0 Å². The molecule has 0 spiro atoms. The SMILES string of the molecule is COc1ccccc1C(=O)N1CCCC(c2nc(-c3ccccc3)no2)C1. The Bertz CT molecular complexity index is 923. The van der Waals surface area contributed by atoms with Gasteiger partial charge < -0.3 is 14.2 Å². The molecule has 0 radical (unpaired) electrons. The smallest absolute Gasteiger partial charge is 0.257 e. The van der Waals surface area contributed by atoms with E-state index < -0.39 is 0 Å². The molecule has 1 aliphatic rings. The van der Waals surface area contributed by atoms with Gasteiger partial charge in [0.25, 0.3) is 5.91 Å². The number of rotatable bonds is 4. The van der Waals surface area contributed by atoms with Crippen molar-refractivity contribution in [2.45, 2.75) is 18.8 Å². The Hall–Kier alpha value is -3.15. The Morgan fingerprint density at radius 1 is 1.15 bits per heavy atom. The van der Waals surface area contributed by atoms with Gasteiger partial charge in [0, 0.05) is 18.7 Å². The second-order valence-electron chi connectivity index (χ2n) is 6.61. The van der Waals surface area contributed by atoms with E-state index in [1.54, 1.807) is 19.2 Å². The summed E-state index contributed by atoms with van der Waals surface area (Å²) in [6.45, 7) is 1.28. The number of amides is 1. The number of nitrogens with zero attached hydrogens (tertiary/aromatic N) is 3. The monoisotopic (exact) mass is 363 g/mol. The zero-order valence-corrected chi connectivity index (χ0v) is 15.2. The molecule has 1 aromatic heterocycles. The highest BCUT2D eigenvalue weighted by atomic mass is 16.5. The van der Waals surface area contributed by atoms with Crippen LogP contribution >= 0.6 is 0 Å². The van der Waals surface area contributed by atoms with Crippen molar-refractivity contribution in [1.29, 1.82) is 0 Å². The van der Waals surface area contributed by atoms with Gasteiger partial charge in [-0.3, -0.25) is 4.79 Å². The highest BCUT2D eigenvalue weighted by molar-refractivity contribution is 5.97. The molecule has 1 fully saturated rings. The number of methoxy groups -OCH3 is 1. The number of hydrogen-bond acceptors (Lipinski definition) is 5. The standard InChI is InChI=1S/C21H21N3O3/c1-26-18-12-6-5-11-17(18)21(25)24-13-7-10-16(14-24)20-22-19(23-27-20)15-8-3-2-4-9-15/h2-6,8-9,11-12,16H,7,10,13-14H2,1H3. The summed E-state index contributed by atoms with van der Waals surface area (Å²) in [4.78, 5) is 19.4. The van der Waals surface area contributed by atoms with Crippen molar-refractivity contribution in [3.8, 4) is 17.1 Å². The number of piperidine rings is 1. The Morgan fingerprint density at radius 2 is 1.93 bits per heavy atom. The van der Waals surface area contributed by atoms with Gasteiger partial charge in [-0.25, -0.2) is 0 Å². The van der Waals surface area contributed by atoms with Crippen LogP contribution in [0.15, 0.2) is 59.1 Å². The predicted octanol–water partition coefficient (Wildman–Crippen LogP) is 3.77. The van der Waals surface area contributed by atoms with Gasteiger partial charge in [0.2, 0.25) is 11.7 Å². The minimum Gasteiger partial charge on any atom is -0.496 e. The minimum atomic E-state index is -0.0278. The molecule has 1 unspecified atom stereocenters. The molecule has 1 amide bonds. The lowest BCUT2D eigenvalue weighted by Crippen LogP contribution is -2.39. The van der Waals surface area contributed by atoms with E-state index in [0.717, 1.165) is 18.4 Å². The quantitative estimate of drug-likeness (QED) is 0.706. The van der Waals surface area contributed by atoms with Crippen molar-refractivity contribution in [1.82, 2.24) is 15.0 Å². The summed E-state index contributed by atoms with van der Waals surface area (Å²) < 4.78 is 10.8. The third-order valence-electron chi connectivity index (χ3n) is 4.87. The fourth-order valence-electron chi connectivity index (χ4n) is 3.46. The van der Waals surface area contributed by atoms with Crippen molar-refractivity contribution in [2.24, 2.45) is 0 Å². The summed E-state index contributed by atoms with van der Waals surface area (Å²) in [5.41, 5.74) is 1.50. The predicted molar refractivity (Wildman–Crippen MR) is 101 cm³/mol. The van der Waals surface area contributed by atoms with E-state index in [0.29, 0.717) is 36.1 Å². The van der Waals surface area contributed by atoms with E-state index in [1.807, 2.05) is 47.4 Å². The highest BCUT2D eigenvalue weighted by Crippen LogP contribution is 2.29. The van der Waals surface area contributed by atoms with Crippen LogP contribution in [0.4, 0.5) is 0 Å². The zero-order chi connectivity index (χ0) is 18.6. The topological polar surface area (TPSA) is 68.5 Å². The normalized spacial score (nSPS) is 16.9. The van der Waals surface area contributed by atoms with Crippen LogP contribution in [0.1, 0.15) is 35.0 Å². The molecule has 6 nitrogen and oxygen atoms in total. The molecule has 2 heterocycles. The van der Waals surface area contributed by atoms with E-state index in [2.05, 4.69) is 10.1 Å². The van der Waals surface area contributed by atoms with Crippen molar-refractivity contribution >= 4 is 5.91 Å². The summed E-state index contributed by atoms with van der Waals surface area (Å²) >= 11 is 0. The van der Waals surface area contributed by atoms with Crippen LogP contribution in [-0.2, 0) is 0 Å². The van der Waals surface area contributed by atoms with E-state index in [-0.39, 0.29) is 11.8 Å². The maximum atomic E-state index is 13.0. The van der Waals surface area contributed by atoms with Gasteiger partial charge in [0.15, 0.2) is 0 Å². The lowest BCUT2D eigenvalue weighted by atomic mass is 9.97. The lowest BCUT2D eigenvalue weighted by Gasteiger charge is -2.31. The Kier molecular flexibility index (Phi) is 4.87. The van der Waals surface area contributed by atoms with Crippen LogP contribution in [0.5, 0.6) is 5.75 Å². The number of carbonyl (C=O) groups is 1. The molecule has 0 bridgehead atoms. The zero-order valence-electron chi connectivity index (χ0n) is 15.2. The molecule has 1 saturated heterocycles. The van der Waals surface area contributed by atoms with Gasteiger partial charge in [-0.1, -0.05) is 47.6 Å². The fourth-order valence-corrected chi connectivity index (χ4v) is 3.46. The first kappa shape index (κ1) is 17.3. The largest absolute Gasteiger partial charge is 0.496 e. The number of carbonyl (C=O) groups excluding carboxylic acids is 1. The first-order valence-corrected chi connectivity index (χ1v) is 9.07. The van der Waals surface area contributed by atoms with Crippen LogP contribution in [-0.4, -0.2) is 41.1 Å². The molecule has 1 atom stereocenters. The van der Waals surface area contributed by atoms with Crippen molar-refractivity contribution in [3.63, 3.8) is 0 Å². The number of ether oxygens (including phenoxy) is 1. The first-order chi connectivity index (χ1) is 13.3. The molecule has 138 valence electrons. The number of benzene rings is 2.